The number of hydrogen-bond acceptors (Lipinski definition) is 2. The summed E-state index contributed by atoms with van der Waals surface area (Å²) in [5.74, 6) is 0. The fourth-order valence-electron chi connectivity index (χ4n) is 6.33. The third-order valence-electron chi connectivity index (χ3n) is 8.73. The Morgan fingerprint density at radius 1 is 0.465 bits per heavy atom. The predicted octanol–water partition coefficient (Wildman–Crippen LogP) is 12.1. The molecule has 0 N–H and O–H groups in total. The summed E-state index contributed by atoms with van der Waals surface area (Å²) in [6.45, 7) is 8.87. The Kier molecular flexibility index (Phi) is 5.64. The average Bonchev–Trinajstić information content (AvgIpc) is 3.58. The molecule has 0 radical (unpaired) electrons. The quantitative estimate of drug-likeness (QED) is 0.216. The Morgan fingerprint density at radius 2 is 1.16 bits per heavy atom. The minimum absolute atomic E-state index is 0.0916. The molecular formula is C41H32O2. The van der Waals surface area contributed by atoms with Gasteiger partial charge in [-0.3, -0.25) is 0 Å². The molecule has 0 unspecified atom stereocenters. The monoisotopic (exact) mass is 556 g/mol. The van der Waals surface area contributed by atoms with Crippen molar-refractivity contribution in [1.29, 1.82) is 0 Å². The van der Waals surface area contributed by atoms with Gasteiger partial charge in [0.15, 0.2) is 0 Å². The van der Waals surface area contributed by atoms with E-state index in [1.165, 1.54) is 27.8 Å². The van der Waals surface area contributed by atoms with Crippen molar-refractivity contribution in [2.24, 2.45) is 0 Å². The van der Waals surface area contributed by atoms with Gasteiger partial charge in [-0.25, -0.2) is 0 Å². The summed E-state index contributed by atoms with van der Waals surface area (Å²) in [4.78, 5) is 0. The van der Waals surface area contributed by atoms with E-state index in [-0.39, 0.29) is 5.41 Å². The molecule has 0 atom stereocenters. The first-order chi connectivity index (χ1) is 20.8. The van der Waals surface area contributed by atoms with Crippen molar-refractivity contribution in [3.05, 3.63) is 132 Å². The van der Waals surface area contributed by atoms with Gasteiger partial charge in [-0.2, -0.15) is 0 Å². The Labute approximate surface area is 251 Å². The number of furan rings is 2. The first-order valence-electron chi connectivity index (χ1n) is 14.9. The van der Waals surface area contributed by atoms with Gasteiger partial charge in [-0.05, 0) is 76.1 Å². The second-order valence-corrected chi connectivity index (χ2v) is 12.7. The second kappa shape index (κ2) is 9.47. The second-order valence-electron chi connectivity index (χ2n) is 12.7. The molecule has 0 aliphatic rings. The van der Waals surface area contributed by atoms with Gasteiger partial charge < -0.3 is 8.83 Å². The van der Waals surface area contributed by atoms with E-state index in [1.807, 2.05) is 0 Å². The molecule has 2 nitrogen and oxygen atoms in total. The van der Waals surface area contributed by atoms with Crippen molar-refractivity contribution >= 4 is 43.9 Å². The van der Waals surface area contributed by atoms with Crippen LogP contribution in [0, 0.1) is 6.92 Å². The van der Waals surface area contributed by atoms with E-state index in [0.717, 1.165) is 60.6 Å². The topological polar surface area (TPSA) is 26.3 Å². The molecule has 0 bridgehead atoms. The standard InChI is InChI=1S/C41H32O2/c1-25-14-16-26(17-15-25)28-19-21-36-35(23-28)33-12-6-11-32(40(33)43-36)31-10-7-13-37-39(31)34-20-18-29(24-38(34)42-37)27-8-5-9-30(22-27)41(2,3)4/h5-24H,1-4H3. The Morgan fingerprint density at radius 3 is 2.00 bits per heavy atom. The molecule has 8 rings (SSSR count). The molecule has 0 saturated heterocycles. The molecule has 6 aromatic carbocycles. The fourth-order valence-corrected chi connectivity index (χ4v) is 6.33. The van der Waals surface area contributed by atoms with Crippen LogP contribution in [-0.2, 0) is 5.41 Å². The Bertz CT molecular complexity index is 2320. The normalized spacial score (nSPS) is 12.2. The van der Waals surface area contributed by atoms with E-state index in [2.05, 4.69) is 149 Å². The number of aryl methyl sites for hydroxylation is 1. The first kappa shape index (κ1) is 25.6. The van der Waals surface area contributed by atoms with Crippen LogP contribution in [0.15, 0.2) is 130 Å². The lowest BCUT2D eigenvalue weighted by molar-refractivity contribution is 0.590. The molecule has 2 heteroatoms. The number of para-hydroxylation sites is 1. The zero-order valence-corrected chi connectivity index (χ0v) is 24.9. The van der Waals surface area contributed by atoms with Crippen molar-refractivity contribution in [1.82, 2.24) is 0 Å². The zero-order valence-electron chi connectivity index (χ0n) is 24.9. The van der Waals surface area contributed by atoms with Crippen LogP contribution in [0.1, 0.15) is 31.9 Å². The fraction of sp³-hybridized carbons (Fsp3) is 0.122. The van der Waals surface area contributed by atoms with Gasteiger partial charge in [0.25, 0.3) is 0 Å². The van der Waals surface area contributed by atoms with Gasteiger partial charge in [0.05, 0.1) is 0 Å². The SMILES string of the molecule is Cc1ccc(-c2ccc3oc4c(-c5cccc6oc7cc(-c8cccc(C(C)(C)C)c8)ccc7c56)cccc4c3c2)cc1. The van der Waals surface area contributed by atoms with Crippen LogP contribution in [0.25, 0.3) is 77.3 Å². The van der Waals surface area contributed by atoms with Crippen molar-refractivity contribution in [3.63, 3.8) is 0 Å². The third-order valence-corrected chi connectivity index (χ3v) is 8.73. The minimum Gasteiger partial charge on any atom is -0.456 e. The number of benzene rings is 6. The van der Waals surface area contributed by atoms with Crippen LogP contribution >= 0.6 is 0 Å². The molecule has 0 aliphatic carbocycles. The molecule has 0 aliphatic heterocycles. The third kappa shape index (κ3) is 4.25. The van der Waals surface area contributed by atoms with E-state index in [4.69, 9.17) is 8.83 Å². The maximum Gasteiger partial charge on any atom is 0.143 e. The summed E-state index contributed by atoms with van der Waals surface area (Å²) >= 11 is 0. The van der Waals surface area contributed by atoms with E-state index in [0.29, 0.717) is 0 Å². The first-order valence-corrected chi connectivity index (χ1v) is 14.9. The lowest BCUT2D eigenvalue weighted by Gasteiger charge is -2.19. The van der Waals surface area contributed by atoms with Gasteiger partial charge in [-0.1, -0.05) is 117 Å². The van der Waals surface area contributed by atoms with Gasteiger partial charge >= 0.3 is 0 Å². The summed E-state index contributed by atoms with van der Waals surface area (Å²) < 4.78 is 13.1. The molecule has 8 aromatic rings. The van der Waals surface area contributed by atoms with Gasteiger partial charge in [0, 0.05) is 27.1 Å². The highest BCUT2D eigenvalue weighted by Gasteiger charge is 2.19. The largest absolute Gasteiger partial charge is 0.456 e. The number of rotatable bonds is 3. The molecule has 0 spiro atoms. The summed E-state index contributed by atoms with van der Waals surface area (Å²) in [5, 5.41) is 4.46. The van der Waals surface area contributed by atoms with Crippen molar-refractivity contribution in [2.45, 2.75) is 33.1 Å². The zero-order chi connectivity index (χ0) is 29.3. The molecule has 0 amide bonds. The molecular weight excluding hydrogens is 524 g/mol. The minimum atomic E-state index is 0.0916. The van der Waals surface area contributed by atoms with Gasteiger partial charge in [0.1, 0.15) is 22.3 Å². The Hall–Kier alpha value is -5.08. The van der Waals surface area contributed by atoms with E-state index in [1.54, 1.807) is 0 Å². The van der Waals surface area contributed by atoms with E-state index in [9.17, 15) is 0 Å². The summed E-state index contributed by atoms with van der Waals surface area (Å²) in [5.41, 5.74) is 13.2. The smallest absolute Gasteiger partial charge is 0.143 e. The van der Waals surface area contributed by atoms with E-state index >= 15 is 0 Å². The molecule has 43 heavy (non-hydrogen) atoms. The number of hydrogen-bond donors (Lipinski definition) is 0. The lowest BCUT2D eigenvalue weighted by atomic mass is 9.85. The predicted molar refractivity (Wildman–Crippen MR) is 181 cm³/mol. The highest BCUT2D eigenvalue weighted by atomic mass is 16.3. The average molecular weight is 557 g/mol. The molecule has 2 aromatic heterocycles. The van der Waals surface area contributed by atoms with Crippen LogP contribution in [0.3, 0.4) is 0 Å². The number of fused-ring (bicyclic) bond motifs is 6. The molecule has 0 saturated carbocycles. The van der Waals surface area contributed by atoms with Crippen molar-refractivity contribution < 1.29 is 8.83 Å². The van der Waals surface area contributed by atoms with Crippen LogP contribution in [-0.4, -0.2) is 0 Å². The van der Waals surface area contributed by atoms with Crippen LogP contribution < -0.4 is 0 Å². The van der Waals surface area contributed by atoms with Crippen LogP contribution in [0.5, 0.6) is 0 Å². The molecule has 0 fully saturated rings. The lowest BCUT2D eigenvalue weighted by Crippen LogP contribution is -2.10. The van der Waals surface area contributed by atoms with Gasteiger partial charge in [-0.15, -0.1) is 0 Å². The maximum absolute atomic E-state index is 6.57. The van der Waals surface area contributed by atoms with Crippen molar-refractivity contribution in [2.75, 3.05) is 0 Å². The summed E-state index contributed by atoms with van der Waals surface area (Å²) in [7, 11) is 0. The molecule has 2 heterocycles. The summed E-state index contributed by atoms with van der Waals surface area (Å²) in [6, 6.07) is 43.4. The van der Waals surface area contributed by atoms with Crippen LogP contribution in [0.4, 0.5) is 0 Å². The van der Waals surface area contributed by atoms with E-state index < -0.39 is 0 Å². The van der Waals surface area contributed by atoms with Gasteiger partial charge in [0.2, 0.25) is 0 Å². The maximum atomic E-state index is 6.57. The van der Waals surface area contributed by atoms with Crippen molar-refractivity contribution in [3.8, 4) is 33.4 Å². The highest BCUT2D eigenvalue weighted by molar-refractivity contribution is 6.17. The van der Waals surface area contributed by atoms with Crippen LogP contribution in [0.2, 0.25) is 0 Å². The molecule has 208 valence electrons. The Balaban J connectivity index is 1.28. The highest BCUT2D eigenvalue weighted by Crippen LogP contribution is 2.43. The summed E-state index contributed by atoms with van der Waals surface area (Å²) in [6.07, 6.45) is 0.